The van der Waals surface area contributed by atoms with E-state index in [1.165, 1.54) is 53.2 Å². The second-order valence-electron chi connectivity index (χ2n) is 14.1. The fraction of sp³-hybridized carbons (Fsp3) is 0. The van der Waals surface area contributed by atoms with Crippen LogP contribution in [0.25, 0.3) is 86.3 Å². The van der Waals surface area contributed by atoms with Crippen molar-refractivity contribution in [3.63, 3.8) is 0 Å². The average molecular weight is 720 g/mol. The number of hydrogen-bond donors (Lipinski definition) is 0. The third-order valence-electron chi connectivity index (χ3n) is 10.9. The maximum atomic E-state index is 6.52. The van der Waals surface area contributed by atoms with Gasteiger partial charge in [-0.2, -0.15) is 0 Å². The molecule has 0 aliphatic rings. The van der Waals surface area contributed by atoms with E-state index in [1.807, 2.05) is 17.4 Å². The van der Waals surface area contributed by atoms with Gasteiger partial charge in [0, 0.05) is 47.9 Å². The van der Waals surface area contributed by atoms with Gasteiger partial charge in [0.05, 0.1) is 5.69 Å². The molecular weight excluding hydrogens is 687 g/mol. The summed E-state index contributed by atoms with van der Waals surface area (Å²) in [6.07, 6.45) is 0. The molecule has 0 N–H and O–H groups in total. The lowest BCUT2D eigenvalue weighted by Crippen LogP contribution is -2.11. The van der Waals surface area contributed by atoms with Crippen molar-refractivity contribution in [3.8, 4) is 33.4 Å². The van der Waals surface area contributed by atoms with Crippen LogP contribution in [0.5, 0.6) is 0 Å². The Bertz CT molecular complexity index is 3190. The quantitative estimate of drug-likeness (QED) is 0.170. The highest BCUT2D eigenvalue weighted by Gasteiger charge is 2.23. The van der Waals surface area contributed by atoms with Crippen molar-refractivity contribution in [1.29, 1.82) is 0 Å². The van der Waals surface area contributed by atoms with E-state index in [4.69, 9.17) is 4.42 Å². The van der Waals surface area contributed by atoms with Gasteiger partial charge in [-0.25, -0.2) is 0 Å². The van der Waals surface area contributed by atoms with Gasteiger partial charge in [0.1, 0.15) is 11.2 Å². The highest BCUT2D eigenvalue weighted by Crippen LogP contribution is 2.48. The lowest BCUT2D eigenvalue weighted by molar-refractivity contribution is 0.669. The van der Waals surface area contributed by atoms with Crippen LogP contribution >= 0.6 is 11.3 Å². The van der Waals surface area contributed by atoms with E-state index in [9.17, 15) is 0 Å². The fourth-order valence-electron chi connectivity index (χ4n) is 8.30. The first-order chi connectivity index (χ1) is 27.3. The van der Waals surface area contributed by atoms with Crippen LogP contribution in [0.1, 0.15) is 0 Å². The number of anilines is 3. The fourth-order valence-corrected chi connectivity index (χ4v) is 9.43. The molecule has 9 aromatic carbocycles. The Morgan fingerprint density at radius 2 is 1.02 bits per heavy atom. The third-order valence-corrected chi connectivity index (χ3v) is 12.0. The lowest BCUT2D eigenvalue weighted by atomic mass is 9.94. The van der Waals surface area contributed by atoms with E-state index < -0.39 is 0 Å². The summed E-state index contributed by atoms with van der Waals surface area (Å²) >= 11 is 1.86. The average Bonchev–Trinajstić information content (AvgIpc) is 3.83. The largest absolute Gasteiger partial charge is 0.456 e. The zero-order valence-electron chi connectivity index (χ0n) is 29.8. The minimum atomic E-state index is 0.874. The second-order valence-corrected chi connectivity index (χ2v) is 15.1. The number of hydrogen-bond acceptors (Lipinski definition) is 3. The molecule has 0 fully saturated rings. The second kappa shape index (κ2) is 12.9. The number of furan rings is 1. The van der Waals surface area contributed by atoms with Crippen LogP contribution in [-0.2, 0) is 0 Å². The van der Waals surface area contributed by atoms with Gasteiger partial charge in [0.15, 0.2) is 0 Å². The third kappa shape index (κ3) is 5.32. The van der Waals surface area contributed by atoms with Crippen LogP contribution in [0.4, 0.5) is 17.1 Å². The molecule has 0 saturated heterocycles. The maximum Gasteiger partial charge on any atom is 0.136 e. The van der Waals surface area contributed by atoms with Crippen LogP contribution in [0.2, 0.25) is 0 Å². The van der Waals surface area contributed by atoms with Crippen molar-refractivity contribution in [2.45, 2.75) is 0 Å². The normalized spacial score (nSPS) is 11.6. The predicted octanol–water partition coefficient (Wildman–Crippen LogP) is 15.6. The molecule has 0 radical (unpaired) electrons. The number of rotatable bonds is 6. The zero-order valence-corrected chi connectivity index (χ0v) is 30.6. The Morgan fingerprint density at radius 1 is 0.382 bits per heavy atom. The monoisotopic (exact) mass is 719 g/mol. The Morgan fingerprint density at radius 3 is 1.84 bits per heavy atom. The Labute approximate surface area is 322 Å². The molecule has 0 saturated carbocycles. The lowest BCUT2D eigenvalue weighted by Gasteiger charge is -2.29. The number of benzene rings is 9. The molecule has 0 aliphatic heterocycles. The molecule has 2 nitrogen and oxygen atoms in total. The number of para-hydroxylation sites is 1. The molecule has 0 aliphatic carbocycles. The Kier molecular flexibility index (Phi) is 7.39. The van der Waals surface area contributed by atoms with Gasteiger partial charge in [-0.3, -0.25) is 0 Å². The summed E-state index contributed by atoms with van der Waals surface area (Å²) < 4.78 is 9.14. The van der Waals surface area contributed by atoms with Gasteiger partial charge in [-0.05, 0) is 99.3 Å². The minimum absolute atomic E-state index is 0.874. The van der Waals surface area contributed by atoms with E-state index in [1.54, 1.807) is 0 Å². The summed E-state index contributed by atoms with van der Waals surface area (Å²) in [5.41, 5.74) is 12.1. The molecule has 11 rings (SSSR count). The van der Waals surface area contributed by atoms with Gasteiger partial charge in [0.25, 0.3) is 0 Å². The summed E-state index contributed by atoms with van der Waals surface area (Å²) in [7, 11) is 0. The van der Waals surface area contributed by atoms with Crippen LogP contribution in [0.15, 0.2) is 205 Å². The molecule has 0 atom stereocenters. The van der Waals surface area contributed by atoms with Crippen molar-refractivity contribution in [3.05, 3.63) is 200 Å². The molecule has 0 unspecified atom stereocenters. The van der Waals surface area contributed by atoms with Crippen LogP contribution < -0.4 is 4.90 Å². The molecule has 11 aromatic rings. The first kappa shape index (κ1) is 31.6. The van der Waals surface area contributed by atoms with Gasteiger partial charge >= 0.3 is 0 Å². The van der Waals surface area contributed by atoms with E-state index in [-0.39, 0.29) is 0 Å². The minimum Gasteiger partial charge on any atom is -0.456 e. The van der Waals surface area contributed by atoms with E-state index in [2.05, 4.69) is 199 Å². The standard InChI is InChI=1S/C52H33NOS/c1-2-11-34(12-3-1)36-23-27-40(28-24-36)53(41-29-25-37(26-30-41)42-17-10-20-49-51(42)44-16-7-9-19-48(44)55-49)45-31-32-47-52(43-15-6-8-18-46(43)54-47)50(45)39-22-21-35-13-4-5-14-38(35)33-39/h1-33H. The van der Waals surface area contributed by atoms with E-state index in [0.29, 0.717) is 0 Å². The van der Waals surface area contributed by atoms with Crippen molar-refractivity contribution in [1.82, 2.24) is 0 Å². The summed E-state index contributed by atoms with van der Waals surface area (Å²) in [5, 5.41) is 7.27. The molecule has 55 heavy (non-hydrogen) atoms. The highest BCUT2D eigenvalue weighted by molar-refractivity contribution is 7.25. The molecule has 2 heterocycles. The zero-order chi connectivity index (χ0) is 36.3. The van der Waals surface area contributed by atoms with Crippen molar-refractivity contribution < 1.29 is 4.42 Å². The number of fused-ring (bicyclic) bond motifs is 7. The van der Waals surface area contributed by atoms with Gasteiger partial charge in [-0.1, -0.05) is 140 Å². The van der Waals surface area contributed by atoms with Crippen LogP contribution in [0.3, 0.4) is 0 Å². The molecule has 0 spiro atoms. The van der Waals surface area contributed by atoms with Crippen molar-refractivity contribution >= 4 is 81.3 Å². The molecule has 258 valence electrons. The molecule has 2 aromatic heterocycles. The molecule has 0 amide bonds. The van der Waals surface area contributed by atoms with Crippen LogP contribution in [-0.4, -0.2) is 0 Å². The molecule has 0 bridgehead atoms. The number of nitrogens with zero attached hydrogens (tertiary/aromatic N) is 1. The SMILES string of the molecule is c1ccc(-c2ccc(N(c3ccc(-c4cccc5sc6ccccc6c45)cc3)c3ccc4oc5ccccc5c4c3-c3ccc4ccccc4c3)cc2)cc1. The smallest absolute Gasteiger partial charge is 0.136 e. The summed E-state index contributed by atoms with van der Waals surface area (Å²) in [5.74, 6) is 0. The summed E-state index contributed by atoms with van der Waals surface area (Å²) in [6, 6.07) is 72.2. The molecule has 3 heteroatoms. The summed E-state index contributed by atoms with van der Waals surface area (Å²) in [4.78, 5) is 2.41. The maximum absolute atomic E-state index is 6.52. The van der Waals surface area contributed by atoms with Gasteiger partial charge in [0.2, 0.25) is 0 Å². The predicted molar refractivity (Wildman–Crippen MR) is 235 cm³/mol. The van der Waals surface area contributed by atoms with E-state index in [0.717, 1.165) is 50.1 Å². The van der Waals surface area contributed by atoms with Gasteiger partial charge < -0.3 is 9.32 Å². The summed E-state index contributed by atoms with van der Waals surface area (Å²) in [6.45, 7) is 0. The molecular formula is C52H33NOS. The van der Waals surface area contributed by atoms with Crippen molar-refractivity contribution in [2.75, 3.05) is 4.90 Å². The van der Waals surface area contributed by atoms with E-state index >= 15 is 0 Å². The highest BCUT2D eigenvalue weighted by atomic mass is 32.1. The van der Waals surface area contributed by atoms with Crippen LogP contribution in [0, 0.1) is 0 Å². The number of thiophene rings is 1. The Hall–Kier alpha value is -6.94. The van der Waals surface area contributed by atoms with Gasteiger partial charge in [-0.15, -0.1) is 11.3 Å². The topological polar surface area (TPSA) is 16.4 Å². The first-order valence-electron chi connectivity index (χ1n) is 18.7. The first-order valence-corrected chi connectivity index (χ1v) is 19.5. The Balaban J connectivity index is 1.14. The van der Waals surface area contributed by atoms with Crippen molar-refractivity contribution in [2.24, 2.45) is 0 Å².